The minimum absolute atomic E-state index is 0.110. The Morgan fingerprint density at radius 3 is 1.93 bits per heavy atom. The van der Waals surface area contributed by atoms with Crippen molar-refractivity contribution in [2.75, 3.05) is 0 Å². The highest BCUT2D eigenvalue weighted by Gasteiger charge is 2.13. The monoisotopic (exact) mass is 196 g/mol. The second-order valence-corrected chi connectivity index (χ2v) is 4.21. The second kappa shape index (κ2) is 5.14. The summed E-state index contributed by atoms with van der Waals surface area (Å²) < 4.78 is 12.9. The Morgan fingerprint density at radius 1 is 1.07 bits per heavy atom. The molecule has 1 aromatic rings. The maximum atomic E-state index is 12.9. The van der Waals surface area contributed by atoms with Crippen molar-refractivity contribution in [2.24, 2.45) is 0 Å². The number of halogens is 1. The molecule has 0 spiro atoms. The molecule has 14 heavy (non-hydrogen) atoms. The van der Waals surface area contributed by atoms with Crippen molar-refractivity contribution in [3.05, 3.63) is 35.1 Å². The first-order valence-electron chi connectivity index (χ1n) is 5.18. The highest BCUT2D eigenvalue weighted by atomic mass is 19.1. The first-order chi connectivity index (χ1) is 6.41. The molecule has 0 N–H and O–H groups in total. The molecule has 0 aliphatic heterocycles. The average molecular weight is 196 g/mol. The third kappa shape index (κ3) is 3.49. The first kappa shape index (κ1) is 13.2. The fraction of sp³-hybridized carbons (Fsp3) is 0.538. The van der Waals surface area contributed by atoms with Crippen molar-refractivity contribution in [1.29, 1.82) is 0 Å². The van der Waals surface area contributed by atoms with Gasteiger partial charge in [0, 0.05) is 0 Å². The van der Waals surface area contributed by atoms with E-state index >= 15 is 0 Å². The number of hydrogen-bond donors (Lipinski definition) is 0. The van der Waals surface area contributed by atoms with Gasteiger partial charge in [0.25, 0.3) is 0 Å². The normalized spacial score (nSPS) is 10.5. The molecule has 0 saturated carbocycles. The van der Waals surface area contributed by atoms with Gasteiger partial charge in [-0.1, -0.05) is 46.8 Å². The predicted octanol–water partition coefficient (Wildman–Crippen LogP) is 4.46. The molecular formula is C13H21F. The van der Waals surface area contributed by atoms with Gasteiger partial charge in [-0.15, -0.1) is 0 Å². The van der Waals surface area contributed by atoms with E-state index in [4.69, 9.17) is 0 Å². The van der Waals surface area contributed by atoms with Gasteiger partial charge in [-0.25, -0.2) is 4.39 Å². The SMILES string of the molecule is CC.Cc1cc(C(C)(C)C)ccc1F. The maximum absolute atomic E-state index is 12.9. The number of rotatable bonds is 0. The van der Waals surface area contributed by atoms with Crippen LogP contribution in [0, 0.1) is 12.7 Å². The molecule has 1 heteroatoms. The molecule has 1 rings (SSSR count). The van der Waals surface area contributed by atoms with E-state index in [9.17, 15) is 4.39 Å². The summed E-state index contributed by atoms with van der Waals surface area (Å²) in [6.45, 7) is 12.2. The van der Waals surface area contributed by atoms with E-state index in [2.05, 4.69) is 20.8 Å². The van der Waals surface area contributed by atoms with E-state index in [1.165, 1.54) is 11.6 Å². The molecule has 0 atom stereocenters. The van der Waals surface area contributed by atoms with Gasteiger partial charge in [-0.3, -0.25) is 0 Å². The molecule has 1 aromatic carbocycles. The van der Waals surface area contributed by atoms with Crippen LogP contribution in [0.1, 0.15) is 45.7 Å². The molecule has 0 aliphatic carbocycles. The summed E-state index contributed by atoms with van der Waals surface area (Å²) in [5.41, 5.74) is 2.02. The summed E-state index contributed by atoms with van der Waals surface area (Å²) in [5, 5.41) is 0. The fourth-order valence-corrected chi connectivity index (χ4v) is 1.11. The van der Waals surface area contributed by atoms with Gasteiger partial charge in [0.05, 0.1) is 0 Å². The third-order valence-electron chi connectivity index (χ3n) is 2.02. The van der Waals surface area contributed by atoms with Gasteiger partial charge in [0.2, 0.25) is 0 Å². The number of benzene rings is 1. The minimum atomic E-state index is -0.122. The topological polar surface area (TPSA) is 0 Å². The summed E-state index contributed by atoms with van der Waals surface area (Å²) >= 11 is 0. The summed E-state index contributed by atoms with van der Waals surface area (Å²) in [4.78, 5) is 0. The molecule has 0 heterocycles. The zero-order valence-electron chi connectivity index (χ0n) is 10.1. The first-order valence-corrected chi connectivity index (χ1v) is 5.18. The predicted molar refractivity (Wildman–Crippen MR) is 61.2 cm³/mol. The summed E-state index contributed by atoms with van der Waals surface area (Å²) in [5.74, 6) is -0.122. The lowest BCUT2D eigenvalue weighted by Crippen LogP contribution is -2.11. The Bertz CT molecular complexity index is 282. The Hall–Kier alpha value is -0.850. The lowest BCUT2D eigenvalue weighted by Gasteiger charge is -2.19. The van der Waals surface area contributed by atoms with Gasteiger partial charge in [-0.2, -0.15) is 0 Å². The quantitative estimate of drug-likeness (QED) is 0.574. The van der Waals surface area contributed by atoms with E-state index in [0.717, 1.165) is 5.56 Å². The highest BCUT2D eigenvalue weighted by molar-refractivity contribution is 5.28. The summed E-state index contributed by atoms with van der Waals surface area (Å²) in [6.07, 6.45) is 0. The van der Waals surface area contributed by atoms with Gasteiger partial charge < -0.3 is 0 Å². The molecule has 0 amide bonds. The molecule has 0 fully saturated rings. The van der Waals surface area contributed by atoms with Crippen molar-refractivity contribution in [3.63, 3.8) is 0 Å². The third-order valence-corrected chi connectivity index (χ3v) is 2.02. The van der Waals surface area contributed by atoms with Crippen LogP contribution in [-0.2, 0) is 5.41 Å². The maximum Gasteiger partial charge on any atom is 0.126 e. The van der Waals surface area contributed by atoms with Crippen LogP contribution in [0.25, 0.3) is 0 Å². The lowest BCUT2D eigenvalue weighted by molar-refractivity contribution is 0.579. The Morgan fingerprint density at radius 2 is 1.57 bits per heavy atom. The van der Waals surface area contributed by atoms with Crippen LogP contribution in [0.5, 0.6) is 0 Å². The van der Waals surface area contributed by atoms with Crippen molar-refractivity contribution >= 4 is 0 Å². The largest absolute Gasteiger partial charge is 0.207 e. The molecular weight excluding hydrogens is 175 g/mol. The van der Waals surface area contributed by atoms with Crippen LogP contribution >= 0.6 is 0 Å². The smallest absolute Gasteiger partial charge is 0.126 e. The molecule has 0 aliphatic rings. The Labute approximate surface area is 87.2 Å². The average Bonchev–Trinajstić information content (AvgIpc) is 2.11. The highest BCUT2D eigenvalue weighted by Crippen LogP contribution is 2.23. The van der Waals surface area contributed by atoms with Crippen molar-refractivity contribution < 1.29 is 4.39 Å². The molecule has 80 valence electrons. The summed E-state index contributed by atoms with van der Waals surface area (Å²) in [7, 11) is 0. The standard InChI is InChI=1S/C11H15F.C2H6/c1-8-7-9(11(2,3)4)5-6-10(8)12;1-2/h5-7H,1-4H3;1-2H3. The van der Waals surface area contributed by atoms with Crippen molar-refractivity contribution in [3.8, 4) is 0 Å². The van der Waals surface area contributed by atoms with Crippen LogP contribution < -0.4 is 0 Å². The van der Waals surface area contributed by atoms with E-state index in [1.54, 1.807) is 6.92 Å². The van der Waals surface area contributed by atoms with Gasteiger partial charge in [0.15, 0.2) is 0 Å². The van der Waals surface area contributed by atoms with Crippen LogP contribution in [0.4, 0.5) is 4.39 Å². The molecule has 0 aromatic heterocycles. The zero-order chi connectivity index (χ0) is 11.4. The van der Waals surface area contributed by atoms with E-state index in [-0.39, 0.29) is 11.2 Å². The Kier molecular flexibility index (Phi) is 4.82. The zero-order valence-corrected chi connectivity index (χ0v) is 10.1. The fourth-order valence-electron chi connectivity index (χ4n) is 1.11. The van der Waals surface area contributed by atoms with E-state index in [0.29, 0.717) is 0 Å². The lowest BCUT2D eigenvalue weighted by atomic mass is 9.86. The number of aryl methyl sites for hydroxylation is 1. The van der Waals surface area contributed by atoms with E-state index in [1.807, 2.05) is 26.0 Å². The van der Waals surface area contributed by atoms with Crippen LogP contribution in [0.2, 0.25) is 0 Å². The van der Waals surface area contributed by atoms with Crippen LogP contribution in [0.15, 0.2) is 18.2 Å². The molecule has 0 unspecified atom stereocenters. The van der Waals surface area contributed by atoms with Crippen molar-refractivity contribution in [2.45, 2.75) is 47.0 Å². The van der Waals surface area contributed by atoms with Gasteiger partial charge >= 0.3 is 0 Å². The van der Waals surface area contributed by atoms with Gasteiger partial charge in [-0.05, 0) is 29.5 Å². The molecule has 0 saturated heterocycles. The minimum Gasteiger partial charge on any atom is -0.207 e. The summed E-state index contributed by atoms with van der Waals surface area (Å²) in [6, 6.07) is 5.30. The second-order valence-electron chi connectivity index (χ2n) is 4.21. The van der Waals surface area contributed by atoms with Crippen LogP contribution in [0.3, 0.4) is 0 Å². The molecule has 0 nitrogen and oxygen atoms in total. The van der Waals surface area contributed by atoms with Crippen LogP contribution in [-0.4, -0.2) is 0 Å². The molecule has 0 bridgehead atoms. The van der Waals surface area contributed by atoms with E-state index < -0.39 is 0 Å². The van der Waals surface area contributed by atoms with Crippen molar-refractivity contribution in [1.82, 2.24) is 0 Å². The number of hydrogen-bond acceptors (Lipinski definition) is 0. The Balaban J connectivity index is 0.000000791. The van der Waals surface area contributed by atoms with Gasteiger partial charge in [0.1, 0.15) is 5.82 Å². The molecule has 0 radical (unpaired) electrons.